The molecule has 228 valence electrons. The largest absolute Gasteiger partial charge is 0.444 e. The van der Waals surface area contributed by atoms with Crippen molar-refractivity contribution in [2.24, 2.45) is 5.92 Å². The molecule has 2 saturated heterocycles. The van der Waals surface area contributed by atoms with Crippen LogP contribution in [0.15, 0.2) is 78.9 Å². The zero-order chi connectivity index (χ0) is 30.6. The summed E-state index contributed by atoms with van der Waals surface area (Å²) in [5.74, 6) is 0.426. The van der Waals surface area contributed by atoms with Gasteiger partial charge in [-0.2, -0.15) is 0 Å². The number of carbonyl (C=O) groups excluding carboxylic acids is 2. The monoisotopic (exact) mass is 621 g/mol. The molecule has 0 N–H and O–H groups in total. The van der Waals surface area contributed by atoms with E-state index >= 15 is 0 Å². The molecule has 2 fully saturated rings. The second kappa shape index (κ2) is 13.7. The number of ether oxygens (including phenoxy) is 1. The number of nitrogens with zero attached hydrogens (tertiary/aromatic N) is 3. The first-order chi connectivity index (χ1) is 20.6. The first-order valence-corrected chi connectivity index (χ1v) is 15.9. The number of benzene rings is 3. The lowest BCUT2D eigenvalue weighted by Gasteiger charge is -2.45. The minimum absolute atomic E-state index is 0.00446. The lowest BCUT2D eigenvalue weighted by Crippen LogP contribution is -2.52. The third-order valence-corrected chi connectivity index (χ3v) is 8.89. The standard InChI is InChI=1S/C35H41Cl2N3O3/c1-35(2,3)43-34(42)38-19-17-25(18-20-38)23-32(41)40-22-21-39(24-31(40)26-7-5-4-6-8-26)33(27-9-13-29(36)14-10-27)28-11-15-30(37)16-12-28/h4-16,25,31,33H,17-24H2,1-3H3/t31-/m1/s1. The first-order valence-electron chi connectivity index (χ1n) is 15.1. The first kappa shape index (κ1) is 31.4. The Morgan fingerprint density at radius 1 is 0.814 bits per heavy atom. The van der Waals surface area contributed by atoms with Crippen molar-refractivity contribution in [3.8, 4) is 0 Å². The molecule has 2 aliphatic heterocycles. The van der Waals surface area contributed by atoms with Gasteiger partial charge in [0, 0.05) is 49.2 Å². The van der Waals surface area contributed by atoms with Crippen LogP contribution in [0.25, 0.3) is 0 Å². The molecule has 0 aliphatic carbocycles. The Balaban J connectivity index is 1.32. The molecule has 3 aromatic carbocycles. The van der Waals surface area contributed by atoms with E-state index in [0.29, 0.717) is 42.6 Å². The van der Waals surface area contributed by atoms with E-state index in [0.717, 1.165) is 36.1 Å². The molecule has 0 unspecified atom stereocenters. The molecular weight excluding hydrogens is 581 g/mol. The number of rotatable bonds is 6. The molecular formula is C35H41Cl2N3O3. The molecule has 6 nitrogen and oxygen atoms in total. The number of likely N-dealkylation sites (tertiary alicyclic amines) is 1. The molecule has 0 spiro atoms. The Bertz CT molecular complexity index is 1320. The van der Waals surface area contributed by atoms with E-state index in [4.69, 9.17) is 27.9 Å². The van der Waals surface area contributed by atoms with Gasteiger partial charge in [0.05, 0.1) is 12.1 Å². The van der Waals surface area contributed by atoms with Gasteiger partial charge in [0.15, 0.2) is 0 Å². The average Bonchev–Trinajstić information content (AvgIpc) is 2.99. The number of halogens is 2. The molecule has 5 rings (SSSR count). The number of hydrogen-bond acceptors (Lipinski definition) is 4. The summed E-state index contributed by atoms with van der Waals surface area (Å²) in [4.78, 5) is 32.8. The minimum Gasteiger partial charge on any atom is -0.444 e. The number of hydrogen-bond donors (Lipinski definition) is 0. The van der Waals surface area contributed by atoms with Crippen molar-refractivity contribution in [1.82, 2.24) is 14.7 Å². The fourth-order valence-corrected chi connectivity index (χ4v) is 6.46. The van der Waals surface area contributed by atoms with Crippen molar-refractivity contribution in [1.29, 1.82) is 0 Å². The molecule has 0 aromatic heterocycles. The highest BCUT2D eigenvalue weighted by Crippen LogP contribution is 2.36. The maximum absolute atomic E-state index is 13.9. The molecule has 8 heteroatoms. The maximum Gasteiger partial charge on any atom is 0.410 e. The van der Waals surface area contributed by atoms with Crippen molar-refractivity contribution >= 4 is 35.2 Å². The lowest BCUT2D eigenvalue weighted by atomic mass is 9.91. The number of carbonyl (C=O) groups is 2. The van der Waals surface area contributed by atoms with Gasteiger partial charge in [-0.15, -0.1) is 0 Å². The molecule has 2 amide bonds. The molecule has 0 saturated carbocycles. The van der Waals surface area contributed by atoms with Crippen molar-refractivity contribution in [2.75, 3.05) is 32.7 Å². The predicted molar refractivity (Wildman–Crippen MR) is 172 cm³/mol. The molecule has 0 radical (unpaired) electrons. The molecule has 0 bridgehead atoms. The number of amides is 2. The van der Waals surface area contributed by atoms with E-state index in [2.05, 4.69) is 46.2 Å². The quantitative estimate of drug-likeness (QED) is 0.280. The number of piperidine rings is 1. The highest BCUT2D eigenvalue weighted by Gasteiger charge is 2.37. The zero-order valence-electron chi connectivity index (χ0n) is 25.2. The van der Waals surface area contributed by atoms with Gasteiger partial charge in [0.2, 0.25) is 5.91 Å². The number of piperazine rings is 1. The van der Waals surface area contributed by atoms with Crippen molar-refractivity contribution in [3.05, 3.63) is 106 Å². The van der Waals surface area contributed by atoms with E-state index in [9.17, 15) is 9.59 Å². The molecule has 2 aliphatic rings. The van der Waals surface area contributed by atoms with Crippen molar-refractivity contribution in [2.45, 2.75) is 57.7 Å². The maximum atomic E-state index is 13.9. The Kier molecular flexibility index (Phi) is 10.0. The average molecular weight is 623 g/mol. The summed E-state index contributed by atoms with van der Waals surface area (Å²) in [7, 11) is 0. The fraction of sp³-hybridized carbons (Fsp3) is 0.429. The van der Waals surface area contributed by atoms with Crippen molar-refractivity contribution < 1.29 is 14.3 Å². The van der Waals surface area contributed by atoms with Gasteiger partial charge in [-0.3, -0.25) is 9.69 Å². The Morgan fingerprint density at radius 3 is 1.91 bits per heavy atom. The third-order valence-electron chi connectivity index (χ3n) is 8.38. The van der Waals surface area contributed by atoms with Crippen LogP contribution in [0.1, 0.15) is 68.8 Å². The van der Waals surface area contributed by atoms with Crippen LogP contribution < -0.4 is 0 Å². The van der Waals surface area contributed by atoms with E-state index in [1.807, 2.05) is 63.2 Å². The molecule has 3 aromatic rings. The molecule has 1 atom stereocenters. The van der Waals surface area contributed by atoms with Gasteiger partial charge < -0.3 is 14.5 Å². The van der Waals surface area contributed by atoms with Crippen LogP contribution >= 0.6 is 23.2 Å². The van der Waals surface area contributed by atoms with Crippen LogP contribution in [0.4, 0.5) is 4.79 Å². The van der Waals surface area contributed by atoms with E-state index in [-0.39, 0.29) is 30.0 Å². The Labute approximate surface area is 265 Å². The lowest BCUT2D eigenvalue weighted by molar-refractivity contribution is -0.138. The second-order valence-electron chi connectivity index (χ2n) is 12.6. The summed E-state index contributed by atoms with van der Waals surface area (Å²) >= 11 is 12.5. The van der Waals surface area contributed by atoms with Crippen LogP contribution in [0.5, 0.6) is 0 Å². The Hall–Kier alpha value is -3.06. The second-order valence-corrected chi connectivity index (χ2v) is 13.5. The molecule has 43 heavy (non-hydrogen) atoms. The highest BCUT2D eigenvalue weighted by molar-refractivity contribution is 6.30. The summed E-state index contributed by atoms with van der Waals surface area (Å²) in [5, 5.41) is 1.40. The normalized spacial score (nSPS) is 18.6. The third kappa shape index (κ3) is 8.11. The highest BCUT2D eigenvalue weighted by atomic mass is 35.5. The van der Waals surface area contributed by atoms with Gasteiger partial charge in [0.25, 0.3) is 0 Å². The van der Waals surface area contributed by atoms with Gasteiger partial charge in [-0.1, -0.05) is 77.8 Å². The topological polar surface area (TPSA) is 53.1 Å². The predicted octanol–water partition coefficient (Wildman–Crippen LogP) is 8.01. The van der Waals surface area contributed by atoms with E-state index in [1.54, 1.807) is 4.90 Å². The van der Waals surface area contributed by atoms with Gasteiger partial charge in [-0.05, 0) is 80.5 Å². The van der Waals surface area contributed by atoms with Crippen molar-refractivity contribution in [3.63, 3.8) is 0 Å². The van der Waals surface area contributed by atoms with Gasteiger partial charge in [-0.25, -0.2) is 4.79 Å². The molecule has 2 heterocycles. The van der Waals surface area contributed by atoms with Crippen LogP contribution in [0.2, 0.25) is 10.0 Å². The van der Waals surface area contributed by atoms with E-state index < -0.39 is 5.60 Å². The minimum atomic E-state index is -0.515. The zero-order valence-corrected chi connectivity index (χ0v) is 26.7. The van der Waals surface area contributed by atoms with Gasteiger partial charge in [0.1, 0.15) is 5.60 Å². The Morgan fingerprint density at radius 2 is 1.37 bits per heavy atom. The van der Waals surface area contributed by atoms with E-state index in [1.165, 1.54) is 0 Å². The fourth-order valence-electron chi connectivity index (χ4n) is 6.21. The summed E-state index contributed by atoms with van der Waals surface area (Å²) in [6, 6.07) is 26.3. The summed E-state index contributed by atoms with van der Waals surface area (Å²) in [6.45, 7) is 8.95. The van der Waals surface area contributed by atoms with Crippen LogP contribution in [0.3, 0.4) is 0 Å². The smallest absolute Gasteiger partial charge is 0.410 e. The van der Waals surface area contributed by atoms with Crippen LogP contribution in [-0.2, 0) is 9.53 Å². The summed E-state index contributed by atoms with van der Waals surface area (Å²) in [5.41, 5.74) is 2.91. The SMILES string of the molecule is CC(C)(C)OC(=O)N1CCC(CC(=O)N2CCN(C(c3ccc(Cl)cc3)c3ccc(Cl)cc3)C[C@@H]2c2ccccc2)CC1. The van der Waals surface area contributed by atoms with Gasteiger partial charge >= 0.3 is 6.09 Å². The summed E-state index contributed by atoms with van der Waals surface area (Å²) < 4.78 is 5.55. The summed E-state index contributed by atoms with van der Waals surface area (Å²) in [6.07, 6.45) is 1.82. The van der Waals surface area contributed by atoms with Crippen LogP contribution in [0, 0.1) is 5.92 Å². The van der Waals surface area contributed by atoms with Crippen LogP contribution in [-0.4, -0.2) is 65.0 Å².